The van der Waals surface area contributed by atoms with Gasteiger partial charge in [-0.25, -0.2) is 0 Å². The average Bonchev–Trinajstić information content (AvgIpc) is 3.05. The molecule has 0 radical (unpaired) electrons. The number of hydrogen-bond donors (Lipinski definition) is 0. The molecule has 1 atom stereocenters. The molecule has 0 spiro atoms. The molecule has 0 amide bonds. The third kappa shape index (κ3) is 1.93. The summed E-state index contributed by atoms with van der Waals surface area (Å²) in [4.78, 5) is 11.0. The van der Waals surface area contributed by atoms with Gasteiger partial charge in [0.15, 0.2) is 0 Å². The number of carbonyl (C=O) groups is 1. The third-order valence-corrected chi connectivity index (χ3v) is 3.34. The normalized spacial score (nSPS) is 24.5. The smallest absolute Gasteiger partial charge is 0.244 e. The van der Waals surface area contributed by atoms with Crippen molar-refractivity contribution in [3.8, 4) is 0 Å². The zero-order valence-corrected chi connectivity index (χ0v) is 9.46. The maximum atomic E-state index is 11.0. The molecule has 1 aliphatic carbocycles. The molecule has 2 aliphatic rings. The van der Waals surface area contributed by atoms with Crippen molar-refractivity contribution < 1.29 is 14.3 Å². The fourth-order valence-electron chi connectivity index (χ4n) is 2.02. The molecule has 3 rings (SSSR count). The fraction of sp³-hybridized carbons (Fsp3) is 0.357. The van der Waals surface area contributed by atoms with Crippen LogP contribution in [0.15, 0.2) is 42.4 Å². The summed E-state index contributed by atoms with van der Waals surface area (Å²) in [6, 6.07) is 10.0. The number of rotatable bonds is 4. The molecule has 0 aromatic heterocycles. The zero-order valence-electron chi connectivity index (χ0n) is 9.46. The number of benzene rings is 1. The zero-order chi connectivity index (χ0) is 11.7. The SMILES string of the molecule is O=CC1(C2=COC(Cc3ccccc3)O2)CC1. The Bertz CT molecular complexity index is 446. The van der Waals surface area contributed by atoms with Crippen molar-refractivity contribution in [1.82, 2.24) is 0 Å². The van der Waals surface area contributed by atoms with E-state index in [4.69, 9.17) is 9.47 Å². The molecule has 0 N–H and O–H groups in total. The largest absolute Gasteiger partial charge is 0.459 e. The Kier molecular flexibility index (Phi) is 2.39. The van der Waals surface area contributed by atoms with Crippen LogP contribution >= 0.6 is 0 Å². The van der Waals surface area contributed by atoms with Crippen LogP contribution in [0.25, 0.3) is 0 Å². The maximum Gasteiger partial charge on any atom is 0.244 e. The molecule has 1 unspecified atom stereocenters. The predicted molar refractivity (Wildman–Crippen MR) is 61.9 cm³/mol. The van der Waals surface area contributed by atoms with E-state index in [-0.39, 0.29) is 11.7 Å². The molecule has 1 aromatic carbocycles. The van der Waals surface area contributed by atoms with Crippen molar-refractivity contribution in [1.29, 1.82) is 0 Å². The fourth-order valence-corrected chi connectivity index (χ4v) is 2.02. The molecule has 88 valence electrons. The van der Waals surface area contributed by atoms with Gasteiger partial charge < -0.3 is 14.3 Å². The van der Waals surface area contributed by atoms with Crippen LogP contribution in [0, 0.1) is 5.41 Å². The van der Waals surface area contributed by atoms with E-state index in [9.17, 15) is 4.79 Å². The van der Waals surface area contributed by atoms with Crippen LogP contribution < -0.4 is 0 Å². The highest BCUT2D eigenvalue weighted by Gasteiger charge is 2.50. The standard InChI is InChI=1S/C14H14O3/c15-10-14(6-7-14)12-9-16-13(17-12)8-11-4-2-1-3-5-11/h1-5,9-10,13H,6-8H2. The Labute approximate surface area is 100 Å². The summed E-state index contributed by atoms with van der Waals surface area (Å²) in [6.07, 6.45) is 4.76. The van der Waals surface area contributed by atoms with Crippen LogP contribution in [0.5, 0.6) is 0 Å². The highest BCUT2D eigenvalue weighted by Crippen LogP contribution is 2.52. The topological polar surface area (TPSA) is 35.5 Å². The Morgan fingerprint density at radius 1 is 1.29 bits per heavy atom. The Morgan fingerprint density at radius 2 is 2.06 bits per heavy atom. The first-order valence-corrected chi connectivity index (χ1v) is 5.85. The van der Waals surface area contributed by atoms with Crippen LogP contribution in [0.3, 0.4) is 0 Å². The van der Waals surface area contributed by atoms with Crippen LogP contribution in [0.1, 0.15) is 18.4 Å². The summed E-state index contributed by atoms with van der Waals surface area (Å²) in [5.41, 5.74) is 0.800. The first-order valence-electron chi connectivity index (χ1n) is 5.85. The van der Waals surface area contributed by atoms with E-state index in [1.54, 1.807) is 6.26 Å². The lowest BCUT2D eigenvalue weighted by Crippen LogP contribution is -2.15. The van der Waals surface area contributed by atoms with Crippen LogP contribution in [-0.2, 0) is 20.7 Å². The summed E-state index contributed by atoms with van der Waals surface area (Å²) in [6.45, 7) is 0. The minimum absolute atomic E-state index is 0.287. The number of carbonyl (C=O) groups excluding carboxylic acids is 1. The molecular weight excluding hydrogens is 216 g/mol. The minimum Gasteiger partial charge on any atom is -0.459 e. The summed E-state index contributed by atoms with van der Waals surface area (Å²) < 4.78 is 11.1. The number of hydrogen-bond acceptors (Lipinski definition) is 3. The van der Waals surface area contributed by atoms with Crippen molar-refractivity contribution in [2.24, 2.45) is 5.41 Å². The second kappa shape index (κ2) is 3.91. The van der Waals surface area contributed by atoms with Crippen molar-refractivity contribution in [2.75, 3.05) is 0 Å². The highest BCUT2D eigenvalue weighted by atomic mass is 16.7. The third-order valence-electron chi connectivity index (χ3n) is 3.34. The molecule has 0 saturated heterocycles. The van der Waals surface area contributed by atoms with Crippen molar-refractivity contribution >= 4 is 6.29 Å². The van der Waals surface area contributed by atoms with Gasteiger partial charge in [-0.2, -0.15) is 0 Å². The number of allylic oxidation sites excluding steroid dienone is 1. The average molecular weight is 230 g/mol. The van der Waals surface area contributed by atoms with Gasteiger partial charge in [-0.15, -0.1) is 0 Å². The van der Waals surface area contributed by atoms with E-state index in [0.29, 0.717) is 12.2 Å². The van der Waals surface area contributed by atoms with Crippen LogP contribution in [0.4, 0.5) is 0 Å². The summed E-state index contributed by atoms with van der Waals surface area (Å²) in [5.74, 6) is 0.702. The van der Waals surface area contributed by atoms with Crippen molar-refractivity contribution in [2.45, 2.75) is 25.6 Å². The van der Waals surface area contributed by atoms with Crippen molar-refractivity contribution in [3.05, 3.63) is 47.9 Å². The first-order chi connectivity index (χ1) is 8.32. The van der Waals surface area contributed by atoms with Gasteiger partial charge >= 0.3 is 0 Å². The lowest BCUT2D eigenvalue weighted by molar-refractivity contribution is -0.113. The second-order valence-electron chi connectivity index (χ2n) is 4.63. The summed E-state index contributed by atoms with van der Waals surface area (Å²) in [5, 5.41) is 0. The van der Waals surface area contributed by atoms with Gasteiger partial charge in [0.2, 0.25) is 6.29 Å². The summed E-state index contributed by atoms with van der Waals surface area (Å²) >= 11 is 0. The second-order valence-corrected chi connectivity index (χ2v) is 4.63. The predicted octanol–water partition coefficient (Wildman–Crippen LogP) is 2.42. The van der Waals surface area contributed by atoms with Crippen molar-refractivity contribution in [3.63, 3.8) is 0 Å². The Morgan fingerprint density at radius 3 is 2.71 bits per heavy atom. The molecular formula is C14H14O3. The van der Waals surface area contributed by atoms with Gasteiger partial charge in [-0.1, -0.05) is 30.3 Å². The molecule has 1 aromatic rings. The molecule has 0 bridgehead atoms. The minimum atomic E-state index is -0.370. The molecule has 1 saturated carbocycles. The van der Waals surface area contributed by atoms with Gasteiger partial charge in [0.1, 0.15) is 18.3 Å². The Hall–Kier alpha value is -1.77. The number of ether oxygens (including phenoxy) is 2. The van der Waals surface area contributed by atoms with E-state index in [1.165, 1.54) is 5.56 Å². The number of aldehydes is 1. The maximum absolute atomic E-state index is 11.0. The van der Waals surface area contributed by atoms with E-state index in [1.807, 2.05) is 30.3 Å². The molecule has 1 fully saturated rings. The van der Waals surface area contributed by atoms with Gasteiger partial charge in [0, 0.05) is 6.42 Å². The molecule has 3 heteroatoms. The van der Waals surface area contributed by atoms with E-state index in [0.717, 1.165) is 19.1 Å². The van der Waals surface area contributed by atoms with Gasteiger partial charge in [0.25, 0.3) is 0 Å². The first kappa shape index (κ1) is 10.4. The van der Waals surface area contributed by atoms with Gasteiger partial charge in [0.05, 0.1) is 5.41 Å². The van der Waals surface area contributed by atoms with Crippen LogP contribution in [0.2, 0.25) is 0 Å². The van der Waals surface area contributed by atoms with E-state index < -0.39 is 0 Å². The van der Waals surface area contributed by atoms with E-state index >= 15 is 0 Å². The molecule has 17 heavy (non-hydrogen) atoms. The van der Waals surface area contributed by atoms with Gasteiger partial charge in [-0.3, -0.25) is 0 Å². The van der Waals surface area contributed by atoms with Gasteiger partial charge in [-0.05, 0) is 18.4 Å². The highest BCUT2D eigenvalue weighted by molar-refractivity contribution is 5.68. The lowest BCUT2D eigenvalue weighted by atomic mass is 10.1. The monoisotopic (exact) mass is 230 g/mol. The van der Waals surface area contributed by atoms with Crippen LogP contribution in [-0.4, -0.2) is 12.6 Å². The summed E-state index contributed by atoms with van der Waals surface area (Å²) in [7, 11) is 0. The van der Waals surface area contributed by atoms with E-state index in [2.05, 4.69) is 0 Å². The lowest BCUT2D eigenvalue weighted by Gasteiger charge is -2.13. The molecule has 3 nitrogen and oxygen atoms in total. The molecule has 1 heterocycles. The molecule has 1 aliphatic heterocycles. The Balaban J connectivity index is 1.62. The quantitative estimate of drug-likeness (QED) is 0.745.